The zero-order chi connectivity index (χ0) is 6.85. The highest BCUT2D eigenvalue weighted by Crippen LogP contribution is 2.17. The van der Waals surface area contributed by atoms with Crippen molar-refractivity contribution in [1.29, 1.82) is 0 Å². The Labute approximate surface area is 51.8 Å². The second-order valence-corrected chi connectivity index (χ2v) is 1.93. The van der Waals surface area contributed by atoms with Crippen LogP contribution in [0.15, 0.2) is 23.7 Å². The molecule has 50 valence electrons. The van der Waals surface area contributed by atoms with E-state index in [0.29, 0.717) is 0 Å². The molecule has 0 saturated heterocycles. The fraction of sp³-hybridized carbons (Fsp3) is 0.333. The summed E-state index contributed by atoms with van der Waals surface area (Å²) in [6.07, 6.45) is 1.23. The molecule has 1 aliphatic rings. The van der Waals surface area contributed by atoms with Crippen molar-refractivity contribution in [3.05, 3.63) is 23.7 Å². The molecule has 0 fully saturated rings. The molecule has 0 aromatic heterocycles. The molecule has 0 aromatic rings. The Morgan fingerprint density at radius 1 is 1.67 bits per heavy atom. The number of alkyl halides is 1. The van der Waals surface area contributed by atoms with E-state index in [0.717, 1.165) is 6.08 Å². The number of nitrogens with two attached hydrogens (primary N) is 1. The minimum atomic E-state index is -1.20. The third-order valence-corrected chi connectivity index (χ3v) is 1.17. The van der Waals surface area contributed by atoms with Gasteiger partial charge in [-0.15, -0.1) is 0 Å². The first-order valence-corrected chi connectivity index (χ1v) is 2.67. The predicted octanol–water partition coefficient (Wildman–Crippen LogP) is 1.42. The minimum absolute atomic E-state index is 0.0453. The van der Waals surface area contributed by atoms with E-state index >= 15 is 0 Å². The summed E-state index contributed by atoms with van der Waals surface area (Å²) < 4.78 is 24.4. The van der Waals surface area contributed by atoms with Crippen LogP contribution < -0.4 is 5.73 Å². The molecule has 0 spiro atoms. The topological polar surface area (TPSA) is 26.0 Å². The fourth-order valence-corrected chi connectivity index (χ4v) is 0.660. The lowest BCUT2D eigenvalue weighted by atomic mass is 10.1. The van der Waals surface area contributed by atoms with E-state index in [4.69, 9.17) is 5.73 Å². The highest BCUT2D eigenvalue weighted by Gasteiger charge is 2.11. The maximum absolute atomic E-state index is 12.3. The molecule has 0 radical (unpaired) electrons. The number of rotatable bonds is 0. The molecule has 1 nitrogen and oxygen atoms in total. The Morgan fingerprint density at radius 2 is 2.33 bits per heavy atom. The molecule has 0 amide bonds. The largest absolute Gasteiger partial charge is 0.397 e. The van der Waals surface area contributed by atoms with Crippen LogP contribution in [0.4, 0.5) is 8.78 Å². The molecular weight excluding hydrogens is 124 g/mol. The van der Waals surface area contributed by atoms with Crippen molar-refractivity contribution in [1.82, 2.24) is 0 Å². The molecule has 0 saturated carbocycles. The molecule has 2 N–H and O–H groups in total. The molecule has 1 aliphatic carbocycles. The minimum Gasteiger partial charge on any atom is -0.397 e. The molecule has 0 heterocycles. The van der Waals surface area contributed by atoms with Crippen molar-refractivity contribution in [2.24, 2.45) is 5.73 Å². The van der Waals surface area contributed by atoms with E-state index in [2.05, 4.69) is 0 Å². The van der Waals surface area contributed by atoms with Crippen LogP contribution in [-0.4, -0.2) is 6.17 Å². The number of hydrogen-bond acceptors (Lipinski definition) is 1. The summed E-state index contributed by atoms with van der Waals surface area (Å²) in [5, 5.41) is 0. The molecule has 1 unspecified atom stereocenters. The van der Waals surface area contributed by atoms with Crippen molar-refractivity contribution in [2.75, 3.05) is 0 Å². The predicted molar refractivity (Wildman–Crippen MR) is 31.0 cm³/mol. The van der Waals surface area contributed by atoms with Crippen LogP contribution in [0.2, 0.25) is 0 Å². The SMILES string of the molecule is NC1=CCC(F)C=C1F. The number of hydrogen-bond donors (Lipinski definition) is 1. The van der Waals surface area contributed by atoms with Gasteiger partial charge in [0, 0.05) is 6.42 Å². The van der Waals surface area contributed by atoms with Crippen molar-refractivity contribution in [3.8, 4) is 0 Å². The summed E-state index contributed by atoms with van der Waals surface area (Å²) in [5.74, 6) is -0.645. The lowest BCUT2D eigenvalue weighted by Crippen LogP contribution is -2.07. The first-order chi connectivity index (χ1) is 4.20. The molecular formula is C6H7F2N. The third-order valence-electron chi connectivity index (χ3n) is 1.17. The maximum atomic E-state index is 12.3. The molecule has 3 heteroatoms. The summed E-state index contributed by atoms with van der Waals surface area (Å²) >= 11 is 0. The van der Waals surface area contributed by atoms with Gasteiger partial charge in [-0.05, 0) is 6.08 Å². The Morgan fingerprint density at radius 3 is 2.78 bits per heavy atom. The molecule has 9 heavy (non-hydrogen) atoms. The van der Waals surface area contributed by atoms with Crippen LogP contribution in [0.3, 0.4) is 0 Å². The number of allylic oxidation sites excluding steroid dienone is 3. The monoisotopic (exact) mass is 131 g/mol. The van der Waals surface area contributed by atoms with Crippen LogP contribution in [0.25, 0.3) is 0 Å². The summed E-state index contributed by atoms with van der Waals surface area (Å²) in [5.41, 5.74) is 5.14. The molecule has 0 bridgehead atoms. The average Bonchev–Trinajstić information content (AvgIpc) is 1.80. The van der Waals surface area contributed by atoms with Gasteiger partial charge >= 0.3 is 0 Å². The average molecular weight is 131 g/mol. The van der Waals surface area contributed by atoms with Crippen LogP contribution in [-0.2, 0) is 0 Å². The summed E-state index contributed by atoms with van der Waals surface area (Å²) in [4.78, 5) is 0. The molecule has 1 atom stereocenters. The van der Waals surface area contributed by atoms with Gasteiger partial charge in [0.2, 0.25) is 0 Å². The van der Waals surface area contributed by atoms with Gasteiger partial charge in [0.1, 0.15) is 12.0 Å². The van der Waals surface area contributed by atoms with E-state index in [1.165, 1.54) is 6.08 Å². The van der Waals surface area contributed by atoms with E-state index in [-0.39, 0.29) is 12.1 Å². The van der Waals surface area contributed by atoms with Gasteiger partial charge in [0.15, 0.2) is 0 Å². The van der Waals surface area contributed by atoms with Crippen LogP contribution in [0.5, 0.6) is 0 Å². The number of halogens is 2. The highest BCUT2D eigenvalue weighted by molar-refractivity contribution is 5.27. The summed E-state index contributed by atoms with van der Waals surface area (Å²) in [6.45, 7) is 0. The van der Waals surface area contributed by atoms with E-state index in [1.807, 2.05) is 0 Å². The van der Waals surface area contributed by atoms with Crippen molar-refractivity contribution < 1.29 is 8.78 Å². The zero-order valence-electron chi connectivity index (χ0n) is 4.77. The van der Waals surface area contributed by atoms with Gasteiger partial charge in [-0.3, -0.25) is 0 Å². The summed E-state index contributed by atoms with van der Waals surface area (Å²) in [7, 11) is 0. The van der Waals surface area contributed by atoms with Crippen molar-refractivity contribution in [2.45, 2.75) is 12.6 Å². The van der Waals surface area contributed by atoms with Gasteiger partial charge < -0.3 is 5.73 Å². The van der Waals surface area contributed by atoms with E-state index in [1.54, 1.807) is 0 Å². The summed E-state index contributed by atoms with van der Waals surface area (Å²) in [6, 6.07) is 0. The standard InChI is InChI=1S/C6H7F2N/c7-4-1-2-6(9)5(8)3-4/h2-4H,1,9H2. The Bertz CT molecular complexity index is 172. The second kappa shape index (κ2) is 2.17. The molecule has 0 aliphatic heterocycles. The van der Waals surface area contributed by atoms with Gasteiger partial charge in [0.25, 0.3) is 0 Å². The van der Waals surface area contributed by atoms with E-state index in [9.17, 15) is 8.78 Å². The zero-order valence-corrected chi connectivity index (χ0v) is 4.77. The first kappa shape index (κ1) is 6.26. The smallest absolute Gasteiger partial charge is 0.144 e. The van der Waals surface area contributed by atoms with Gasteiger partial charge in [0.05, 0.1) is 5.70 Å². The molecule has 0 aromatic carbocycles. The van der Waals surface area contributed by atoms with Crippen molar-refractivity contribution in [3.63, 3.8) is 0 Å². The normalized spacial score (nSPS) is 27.1. The van der Waals surface area contributed by atoms with Gasteiger partial charge in [-0.2, -0.15) is 0 Å². The maximum Gasteiger partial charge on any atom is 0.144 e. The first-order valence-electron chi connectivity index (χ1n) is 2.67. The lowest BCUT2D eigenvalue weighted by molar-refractivity contribution is 0.390. The lowest BCUT2D eigenvalue weighted by Gasteiger charge is -2.06. The van der Waals surface area contributed by atoms with Gasteiger partial charge in [-0.1, -0.05) is 6.08 Å². The third kappa shape index (κ3) is 1.28. The fourth-order valence-electron chi connectivity index (χ4n) is 0.660. The van der Waals surface area contributed by atoms with Crippen molar-refractivity contribution >= 4 is 0 Å². The van der Waals surface area contributed by atoms with Gasteiger partial charge in [-0.25, -0.2) is 8.78 Å². The van der Waals surface area contributed by atoms with E-state index < -0.39 is 12.0 Å². The Kier molecular flexibility index (Phi) is 1.51. The quantitative estimate of drug-likeness (QED) is 0.528. The Hall–Kier alpha value is -0.860. The molecule has 1 rings (SSSR count). The highest BCUT2D eigenvalue weighted by atomic mass is 19.1. The Balaban J connectivity index is 2.75. The second-order valence-electron chi connectivity index (χ2n) is 1.93. The van der Waals surface area contributed by atoms with Crippen LogP contribution >= 0.6 is 0 Å². The van der Waals surface area contributed by atoms with Crippen LogP contribution in [0.1, 0.15) is 6.42 Å². The van der Waals surface area contributed by atoms with Crippen LogP contribution in [0, 0.1) is 0 Å².